The number of carbonyl (C=O) groups excluding carboxylic acids is 1. The molecule has 0 fully saturated rings. The molecule has 1 unspecified atom stereocenters. The summed E-state index contributed by atoms with van der Waals surface area (Å²) in [4.78, 5) is 22.0. The Hall–Kier alpha value is -2.00. The smallest absolute Gasteiger partial charge is 0.476 e. The number of hydrogen-bond donors (Lipinski definition) is 1. The molecule has 0 amide bonds. The van der Waals surface area contributed by atoms with Crippen molar-refractivity contribution < 1.29 is 68.1 Å². The van der Waals surface area contributed by atoms with Crippen molar-refractivity contribution in [1.82, 2.24) is 0 Å². The Morgan fingerprint density at radius 2 is 1.40 bits per heavy atom. The molecule has 0 saturated carbocycles. The Labute approximate surface area is 168 Å². The molecule has 0 spiro atoms. The molecular formula is C13H4Cl2F10O5. The molecule has 0 aliphatic heterocycles. The van der Waals surface area contributed by atoms with Crippen LogP contribution in [0.1, 0.15) is 20.7 Å². The highest BCUT2D eigenvalue weighted by atomic mass is 35.5. The fraction of sp³-hybridized carbons (Fsp3) is 0.385. The van der Waals surface area contributed by atoms with Crippen molar-refractivity contribution in [3.63, 3.8) is 0 Å². The summed E-state index contributed by atoms with van der Waals surface area (Å²) in [6.07, 6.45) is -20.1. The summed E-state index contributed by atoms with van der Waals surface area (Å²) < 4.78 is 135. The number of alkyl halides is 11. The Kier molecular flexibility index (Phi) is 6.88. The number of rotatable bonds is 8. The number of carboxylic acid groups (broad SMARTS) is 1. The molecule has 1 aromatic carbocycles. The molecule has 0 bridgehead atoms. The lowest BCUT2D eigenvalue weighted by molar-refractivity contribution is -0.469. The van der Waals surface area contributed by atoms with Gasteiger partial charge in [-0.15, -0.1) is 0 Å². The van der Waals surface area contributed by atoms with Gasteiger partial charge in [-0.3, -0.25) is 9.53 Å². The van der Waals surface area contributed by atoms with Gasteiger partial charge in [0.05, 0.1) is 0 Å². The molecule has 17 heteroatoms. The summed E-state index contributed by atoms with van der Waals surface area (Å²) in [6.45, 7) is 0. The largest absolute Gasteiger partial charge is 0.478 e. The van der Waals surface area contributed by atoms with E-state index in [4.69, 9.17) is 16.7 Å². The van der Waals surface area contributed by atoms with Crippen LogP contribution in [0.2, 0.25) is 0 Å². The molecule has 1 N–H and O–H groups in total. The zero-order valence-electron chi connectivity index (χ0n) is 13.3. The topological polar surface area (TPSA) is 72.8 Å². The van der Waals surface area contributed by atoms with E-state index in [1.54, 1.807) is 0 Å². The fourth-order valence-electron chi connectivity index (χ4n) is 1.55. The molecule has 30 heavy (non-hydrogen) atoms. The lowest BCUT2D eigenvalue weighted by atomic mass is 10.1. The van der Waals surface area contributed by atoms with E-state index in [9.17, 15) is 53.5 Å². The highest BCUT2D eigenvalue weighted by Gasteiger charge is 2.78. The second kappa shape index (κ2) is 7.92. The van der Waals surface area contributed by atoms with Crippen LogP contribution in [0, 0.1) is 0 Å². The predicted octanol–water partition coefficient (Wildman–Crippen LogP) is 5.40. The highest BCUT2D eigenvalue weighted by Crippen LogP contribution is 2.52. The number of ether oxygens (including phenoxy) is 2. The average molecular weight is 501 g/mol. The average Bonchev–Trinajstić information content (AvgIpc) is 2.51. The first-order chi connectivity index (χ1) is 13.2. The van der Waals surface area contributed by atoms with Crippen molar-refractivity contribution in [3.8, 4) is 5.75 Å². The molecule has 0 radical (unpaired) electrons. The Bertz CT molecular complexity index is 840. The molecule has 1 atom stereocenters. The molecule has 1 rings (SSSR count). The summed E-state index contributed by atoms with van der Waals surface area (Å²) in [6, 6.07) is 1.20. The second-order valence-corrected chi connectivity index (χ2v) is 5.95. The summed E-state index contributed by atoms with van der Waals surface area (Å²) in [5.74, 6) is -10.9. The zero-order chi connectivity index (χ0) is 23.9. The van der Waals surface area contributed by atoms with Gasteiger partial charge in [0.25, 0.3) is 5.24 Å². The van der Waals surface area contributed by atoms with E-state index in [0.29, 0.717) is 12.1 Å². The first-order valence-electron chi connectivity index (χ1n) is 6.70. The van der Waals surface area contributed by atoms with E-state index in [-0.39, 0.29) is 6.07 Å². The Balaban J connectivity index is 3.36. The lowest BCUT2D eigenvalue weighted by Crippen LogP contribution is -2.59. The maximum Gasteiger partial charge on any atom is 0.476 e. The predicted molar refractivity (Wildman–Crippen MR) is 75.9 cm³/mol. The van der Waals surface area contributed by atoms with Crippen LogP contribution in [0.25, 0.3) is 0 Å². The monoisotopic (exact) mass is 500 g/mol. The molecule has 1 aromatic rings. The van der Waals surface area contributed by atoms with E-state index in [2.05, 4.69) is 21.1 Å². The van der Waals surface area contributed by atoms with Crippen LogP contribution >= 0.6 is 23.2 Å². The summed E-state index contributed by atoms with van der Waals surface area (Å²) in [5.41, 5.74) is -2.02. The van der Waals surface area contributed by atoms with E-state index < -0.39 is 57.7 Å². The van der Waals surface area contributed by atoms with Crippen molar-refractivity contribution in [2.45, 2.75) is 29.6 Å². The Morgan fingerprint density at radius 3 is 1.80 bits per heavy atom. The van der Waals surface area contributed by atoms with Gasteiger partial charge in [-0.2, -0.15) is 43.9 Å². The SMILES string of the molecule is O=C(Cl)c1ccc(C(=O)O)c(OC(F)(F)C(F)(Cl)OC(F)(F)C(F)(F)C(F)(F)F)c1. The third-order valence-corrected chi connectivity index (χ3v) is 3.51. The van der Waals surface area contributed by atoms with Crippen molar-refractivity contribution in [1.29, 1.82) is 0 Å². The number of benzene rings is 1. The van der Waals surface area contributed by atoms with Crippen molar-refractivity contribution in [2.75, 3.05) is 0 Å². The minimum absolute atomic E-state index is 0.141. The number of carboxylic acids is 1. The third kappa shape index (κ3) is 5.00. The third-order valence-electron chi connectivity index (χ3n) is 2.99. The second-order valence-electron chi connectivity index (χ2n) is 5.12. The number of carbonyl (C=O) groups is 2. The minimum Gasteiger partial charge on any atom is -0.478 e. The van der Waals surface area contributed by atoms with Crippen LogP contribution in [0.3, 0.4) is 0 Å². The summed E-state index contributed by atoms with van der Waals surface area (Å²) in [7, 11) is 0. The maximum absolute atomic E-state index is 13.9. The van der Waals surface area contributed by atoms with Crippen LogP contribution in [-0.4, -0.2) is 45.9 Å². The van der Waals surface area contributed by atoms with E-state index in [1.807, 2.05) is 0 Å². The van der Waals surface area contributed by atoms with Gasteiger partial charge in [0, 0.05) is 5.56 Å². The molecule has 5 nitrogen and oxygen atoms in total. The van der Waals surface area contributed by atoms with Crippen molar-refractivity contribution in [3.05, 3.63) is 29.3 Å². The molecule has 0 aliphatic carbocycles. The van der Waals surface area contributed by atoms with E-state index >= 15 is 0 Å². The van der Waals surface area contributed by atoms with Gasteiger partial charge in [0.15, 0.2) is 0 Å². The normalized spacial score (nSPS) is 15.5. The van der Waals surface area contributed by atoms with Gasteiger partial charge < -0.3 is 9.84 Å². The zero-order valence-corrected chi connectivity index (χ0v) is 14.9. The first-order valence-corrected chi connectivity index (χ1v) is 7.46. The van der Waals surface area contributed by atoms with Gasteiger partial charge in [0.2, 0.25) is 0 Å². The number of aromatic carboxylic acids is 1. The van der Waals surface area contributed by atoms with Crippen molar-refractivity contribution >= 4 is 34.4 Å². The van der Waals surface area contributed by atoms with Gasteiger partial charge >= 0.3 is 35.6 Å². The number of halogens is 12. The van der Waals surface area contributed by atoms with Crippen molar-refractivity contribution in [2.24, 2.45) is 0 Å². The van der Waals surface area contributed by atoms with Gasteiger partial charge in [-0.05, 0) is 41.4 Å². The Morgan fingerprint density at radius 1 is 0.900 bits per heavy atom. The van der Waals surface area contributed by atoms with Gasteiger partial charge in [0.1, 0.15) is 11.3 Å². The van der Waals surface area contributed by atoms with Crippen LogP contribution in [0.5, 0.6) is 5.75 Å². The maximum atomic E-state index is 13.9. The standard InChI is InChI=1S/C13H4Cl2F10O5/c14-7(26)4-1-2-5(8(27)28)6(3-4)29-13(24,25)10(15,18)30-12(22,23)9(16,17)11(19,20)21/h1-3H,(H,27,28). The summed E-state index contributed by atoms with van der Waals surface area (Å²) >= 11 is 9.27. The highest BCUT2D eigenvalue weighted by molar-refractivity contribution is 6.67. The van der Waals surface area contributed by atoms with Gasteiger partial charge in [-0.1, -0.05) is 0 Å². The van der Waals surface area contributed by atoms with Crippen LogP contribution in [-0.2, 0) is 4.74 Å². The van der Waals surface area contributed by atoms with E-state index in [0.717, 1.165) is 0 Å². The summed E-state index contributed by atoms with van der Waals surface area (Å²) in [5, 5.41) is 1.53. The molecule has 0 saturated heterocycles. The molecule has 0 heterocycles. The molecule has 0 aliphatic rings. The quantitative estimate of drug-likeness (QED) is 0.294. The first kappa shape index (κ1) is 26.0. The van der Waals surface area contributed by atoms with Crippen LogP contribution in [0.15, 0.2) is 18.2 Å². The lowest BCUT2D eigenvalue weighted by Gasteiger charge is -2.34. The fourth-order valence-corrected chi connectivity index (χ4v) is 1.81. The van der Waals surface area contributed by atoms with Crippen LogP contribution < -0.4 is 4.74 Å². The molecular weight excluding hydrogens is 497 g/mol. The molecule has 170 valence electrons. The van der Waals surface area contributed by atoms with E-state index in [1.165, 1.54) is 0 Å². The van der Waals surface area contributed by atoms with Gasteiger partial charge in [-0.25, -0.2) is 4.79 Å². The molecule has 0 aromatic heterocycles. The number of hydrogen-bond acceptors (Lipinski definition) is 4. The van der Waals surface area contributed by atoms with Crippen LogP contribution in [0.4, 0.5) is 43.9 Å². The minimum atomic E-state index is -7.18.